The molecule has 1 aromatic carbocycles. The molecule has 16 nitrogen and oxygen atoms in total. The van der Waals surface area contributed by atoms with Crippen LogP contribution in [0.1, 0.15) is 98.4 Å². The third-order valence-corrected chi connectivity index (χ3v) is 10.7. The average molecular weight is 789 g/mol. The van der Waals surface area contributed by atoms with Crippen molar-refractivity contribution in [1.29, 1.82) is 0 Å². The Morgan fingerprint density at radius 1 is 0.804 bits per heavy atom. The number of fused-ring (bicyclic) bond motifs is 2. The fourth-order valence-electron chi connectivity index (χ4n) is 8.38. The van der Waals surface area contributed by atoms with Gasteiger partial charge in [0.25, 0.3) is 0 Å². The van der Waals surface area contributed by atoms with Gasteiger partial charge in [0, 0.05) is 64.7 Å². The molecule has 16 heteroatoms. The van der Waals surface area contributed by atoms with Crippen LogP contribution < -0.4 is 0 Å². The third-order valence-electron chi connectivity index (χ3n) is 10.7. The van der Waals surface area contributed by atoms with Crippen molar-refractivity contribution in [3.8, 4) is 0 Å². The van der Waals surface area contributed by atoms with Gasteiger partial charge in [-0.1, -0.05) is 58.0 Å². The maximum atomic E-state index is 14.3. The standard InChI is InChI=1S/C40H52O16/c1-10-27(45)53-35-30(50-22(3)41)34(52-24(5)43)37(7,8)18-16-21(2)32(51-23(4)42)39(49)20-38(9)31(47)29(39)33(54-36(48)26-14-12-11-13-15-26)40(35,55-25(6)44)19-17-28(46)56-38/h11-16,18,21,29-35,47,49H,10,17,19-20H2,1-9H3/b18-16+/t21-,29?,30+,31+,32-,33+,34+,35+,38+,39+,40-/m0/s1. The molecule has 0 aromatic heterocycles. The second-order valence-electron chi connectivity index (χ2n) is 15.6. The Morgan fingerprint density at radius 2 is 1.39 bits per heavy atom. The molecule has 1 aliphatic heterocycles. The highest BCUT2D eigenvalue weighted by molar-refractivity contribution is 5.89. The summed E-state index contributed by atoms with van der Waals surface area (Å²) in [4.78, 5) is 94.1. The molecule has 11 atom stereocenters. The SMILES string of the molecule is CCC(=O)O[C@@H]1[C@H](OC(C)=O)[C@@H](OC(C)=O)C(C)(C)/C=C/[C@H](C)[C@H](OC(C)=O)[C@@]2(O)C[C@@]3(C)OC(=O)CC[C@]1(OC(C)=O)[C@H](OC(=O)c1ccccc1)C2[C@H]3O. The number of esters is 7. The van der Waals surface area contributed by atoms with Crippen molar-refractivity contribution in [2.75, 3.05) is 0 Å². The number of hydrogen-bond acceptors (Lipinski definition) is 16. The largest absolute Gasteiger partial charge is 0.459 e. The van der Waals surface area contributed by atoms with Crippen LogP contribution in [0.25, 0.3) is 0 Å². The molecule has 0 spiro atoms. The van der Waals surface area contributed by atoms with Crippen molar-refractivity contribution >= 4 is 41.8 Å². The van der Waals surface area contributed by atoms with Crippen LogP contribution >= 0.6 is 0 Å². The van der Waals surface area contributed by atoms with Crippen molar-refractivity contribution in [2.45, 2.75) is 141 Å². The molecule has 4 rings (SSSR count). The molecule has 2 aliphatic carbocycles. The highest BCUT2D eigenvalue weighted by Gasteiger charge is 2.74. The zero-order valence-corrected chi connectivity index (χ0v) is 33.1. The van der Waals surface area contributed by atoms with E-state index in [1.165, 1.54) is 38.1 Å². The molecule has 1 heterocycles. The van der Waals surface area contributed by atoms with E-state index in [1.807, 2.05) is 0 Å². The molecule has 1 aromatic rings. The van der Waals surface area contributed by atoms with E-state index < -0.39 is 132 Å². The molecule has 0 amide bonds. The predicted octanol–water partition coefficient (Wildman–Crippen LogP) is 3.07. The van der Waals surface area contributed by atoms with E-state index in [-0.39, 0.29) is 12.0 Å². The first kappa shape index (κ1) is 43.9. The molecular formula is C40H52O16. The summed E-state index contributed by atoms with van der Waals surface area (Å²) in [5.41, 5.74) is -8.52. The Balaban J connectivity index is 2.31. The van der Waals surface area contributed by atoms with Crippen LogP contribution in [0.2, 0.25) is 0 Å². The summed E-state index contributed by atoms with van der Waals surface area (Å²) in [6.07, 6.45) is -10.4. The summed E-state index contributed by atoms with van der Waals surface area (Å²) < 4.78 is 42.1. The minimum atomic E-state index is -2.67. The summed E-state index contributed by atoms with van der Waals surface area (Å²) in [7, 11) is 0. The normalized spacial score (nSPS) is 35.7. The topological polar surface area (TPSA) is 225 Å². The quantitative estimate of drug-likeness (QED) is 0.219. The molecule has 3 bridgehead atoms. The Hall–Kier alpha value is -4.83. The number of hydrogen-bond donors (Lipinski definition) is 2. The summed E-state index contributed by atoms with van der Waals surface area (Å²) in [5, 5.41) is 25.6. The van der Waals surface area contributed by atoms with Crippen LogP contribution in [0.4, 0.5) is 0 Å². The van der Waals surface area contributed by atoms with E-state index in [9.17, 15) is 43.8 Å². The van der Waals surface area contributed by atoms with Gasteiger partial charge < -0.3 is 43.4 Å². The van der Waals surface area contributed by atoms with Gasteiger partial charge in [-0.2, -0.15) is 0 Å². The molecule has 2 N–H and O–H groups in total. The number of carbonyl (C=O) groups excluding carboxylic acids is 7. The van der Waals surface area contributed by atoms with Crippen LogP contribution in [-0.4, -0.2) is 105 Å². The number of benzene rings is 1. The molecule has 56 heavy (non-hydrogen) atoms. The second kappa shape index (κ2) is 16.7. The van der Waals surface area contributed by atoms with Crippen LogP contribution in [-0.2, 0) is 61.9 Å². The summed E-state index contributed by atoms with van der Waals surface area (Å²) in [6, 6.07) is 7.51. The van der Waals surface area contributed by atoms with Crippen LogP contribution in [0.5, 0.6) is 0 Å². The van der Waals surface area contributed by atoms with Crippen molar-refractivity contribution in [1.82, 2.24) is 0 Å². The fraction of sp³-hybridized carbons (Fsp3) is 0.625. The zero-order valence-electron chi connectivity index (χ0n) is 33.1. The lowest BCUT2D eigenvalue weighted by atomic mass is 9.66. The third kappa shape index (κ3) is 8.91. The molecule has 2 fully saturated rings. The first-order valence-electron chi connectivity index (χ1n) is 18.5. The molecule has 1 unspecified atom stereocenters. The molecule has 0 radical (unpaired) electrons. The lowest BCUT2D eigenvalue weighted by Crippen LogP contribution is -2.70. The molecule has 1 saturated heterocycles. The van der Waals surface area contributed by atoms with Gasteiger partial charge in [0.1, 0.15) is 23.4 Å². The van der Waals surface area contributed by atoms with Gasteiger partial charge in [-0.3, -0.25) is 28.8 Å². The Morgan fingerprint density at radius 3 is 1.95 bits per heavy atom. The summed E-state index contributed by atoms with van der Waals surface area (Å²) >= 11 is 0. The smallest absolute Gasteiger partial charge is 0.338 e. The van der Waals surface area contributed by atoms with E-state index in [1.54, 1.807) is 39.0 Å². The fourth-order valence-corrected chi connectivity index (χ4v) is 8.38. The van der Waals surface area contributed by atoms with Crippen LogP contribution in [0.15, 0.2) is 42.5 Å². The first-order chi connectivity index (χ1) is 26.0. The molecule has 1 saturated carbocycles. The number of rotatable bonds is 8. The molecule has 308 valence electrons. The van der Waals surface area contributed by atoms with Gasteiger partial charge >= 0.3 is 41.8 Å². The highest BCUT2D eigenvalue weighted by atomic mass is 16.7. The zero-order chi connectivity index (χ0) is 42.0. The molecular weight excluding hydrogens is 736 g/mol. The van der Waals surface area contributed by atoms with Gasteiger partial charge in [-0.15, -0.1) is 0 Å². The van der Waals surface area contributed by atoms with Gasteiger partial charge in [0.05, 0.1) is 11.5 Å². The Kier molecular flexibility index (Phi) is 13.1. The highest BCUT2D eigenvalue weighted by Crippen LogP contribution is 2.56. The summed E-state index contributed by atoms with van der Waals surface area (Å²) in [5.74, 6) is -9.63. The predicted molar refractivity (Wildman–Crippen MR) is 192 cm³/mol. The lowest BCUT2D eigenvalue weighted by molar-refractivity contribution is -0.263. The Labute approximate surface area is 325 Å². The van der Waals surface area contributed by atoms with Gasteiger partial charge in [0.15, 0.2) is 30.0 Å². The van der Waals surface area contributed by atoms with Gasteiger partial charge in [-0.05, 0) is 19.1 Å². The second-order valence-corrected chi connectivity index (χ2v) is 15.6. The van der Waals surface area contributed by atoms with E-state index in [0.717, 1.165) is 27.7 Å². The Bertz CT molecular complexity index is 1720. The monoisotopic (exact) mass is 788 g/mol. The number of ether oxygens (including phenoxy) is 7. The van der Waals surface area contributed by atoms with Crippen molar-refractivity contribution in [3.63, 3.8) is 0 Å². The van der Waals surface area contributed by atoms with Gasteiger partial charge in [-0.25, -0.2) is 4.79 Å². The maximum absolute atomic E-state index is 14.3. The first-order valence-corrected chi connectivity index (χ1v) is 18.5. The minimum absolute atomic E-state index is 0.0401. The van der Waals surface area contributed by atoms with Crippen molar-refractivity contribution in [2.24, 2.45) is 17.3 Å². The number of aliphatic hydroxyl groups is 2. The van der Waals surface area contributed by atoms with E-state index in [0.29, 0.717) is 0 Å². The summed E-state index contributed by atoms with van der Waals surface area (Å²) in [6.45, 7) is 11.8. The van der Waals surface area contributed by atoms with Crippen LogP contribution in [0.3, 0.4) is 0 Å². The van der Waals surface area contributed by atoms with Crippen molar-refractivity contribution in [3.05, 3.63) is 48.0 Å². The maximum Gasteiger partial charge on any atom is 0.338 e. The number of carbonyl (C=O) groups is 7. The van der Waals surface area contributed by atoms with Gasteiger partial charge in [0.2, 0.25) is 0 Å². The lowest BCUT2D eigenvalue weighted by Gasteiger charge is -2.52. The average Bonchev–Trinajstić information content (AvgIpc) is 3.31. The minimum Gasteiger partial charge on any atom is -0.459 e. The van der Waals surface area contributed by atoms with E-state index in [2.05, 4.69) is 0 Å². The van der Waals surface area contributed by atoms with Crippen LogP contribution in [0, 0.1) is 17.3 Å². The molecule has 3 aliphatic rings. The van der Waals surface area contributed by atoms with E-state index in [4.69, 9.17) is 33.2 Å². The van der Waals surface area contributed by atoms with E-state index >= 15 is 0 Å². The number of aliphatic hydroxyl groups excluding tert-OH is 1. The van der Waals surface area contributed by atoms with Crippen molar-refractivity contribution < 1.29 is 76.9 Å².